The molecule has 0 aromatic rings. The third kappa shape index (κ3) is 11.5. The van der Waals surface area contributed by atoms with Crippen molar-refractivity contribution in [2.75, 3.05) is 0 Å². The minimum Gasteiger partial charge on any atom is -0.480 e. The van der Waals surface area contributed by atoms with Gasteiger partial charge in [-0.05, 0) is 62.1 Å². The topological polar surface area (TPSA) is 325 Å². The molecule has 426 valence electrons. The summed E-state index contributed by atoms with van der Waals surface area (Å²) in [6.07, 6.45) is 24.6. The van der Waals surface area contributed by atoms with Gasteiger partial charge in [-0.3, -0.25) is 0 Å². The zero-order chi connectivity index (χ0) is 57.2. The normalized spacial score (nSPS) is 25.8. The molecule has 81 heavy (non-hydrogen) atoms. The summed E-state index contributed by atoms with van der Waals surface area (Å²) in [7, 11) is 0. The van der Waals surface area contributed by atoms with Gasteiger partial charge in [0.25, 0.3) is 52.6 Å². The van der Waals surface area contributed by atoms with Gasteiger partial charge < -0.3 is 72.2 Å². The molecule has 7 fully saturated rings. The summed E-state index contributed by atoms with van der Waals surface area (Å²) in [4.78, 5) is 116. The quantitative estimate of drug-likeness (QED) is 0.0712. The highest BCUT2D eigenvalue weighted by Crippen LogP contribution is 2.48. The Labute approximate surface area is 460 Å². The second kappa shape index (κ2) is 21.9. The van der Waals surface area contributed by atoms with E-state index in [2.05, 4.69) is 0 Å². The summed E-state index contributed by atoms with van der Waals surface area (Å²) in [5, 5.41) is 32.2. The number of aliphatic hydroxyl groups excluding tert-OH is 3. The van der Waals surface area contributed by atoms with Crippen LogP contribution in [0, 0.1) is 0 Å². The van der Waals surface area contributed by atoms with Crippen LogP contribution in [0.25, 0.3) is 0 Å². The molecule has 0 bridgehead atoms. The third-order valence-electron chi connectivity index (χ3n) is 15.0. The van der Waals surface area contributed by atoms with Gasteiger partial charge in [0.2, 0.25) is 0 Å². The average Bonchev–Trinajstić information content (AvgIpc) is 3.40. The van der Waals surface area contributed by atoms with E-state index >= 15 is 0 Å². The number of carbonyl (C=O) groups excluding carboxylic acids is 9. The molecule has 4 aliphatic carbocycles. The number of allylic oxidation sites excluding steroid dienone is 12. The summed E-state index contributed by atoms with van der Waals surface area (Å²) >= 11 is 0. The fourth-order valence-corrected chi connectivity index (χ4v) is 10.7. The molecular formula is C57H54O24. The molecule has 0 aromatic carbocycles. The van der Waals surface area contributed by atoms with Crippen LogP contribution in [0.1, 0.15) is 116 Å². The summed E-state index contributed by atoms with van der Waals surface area (Å²) in [6.45, 7) is 0. The molecule has 3 N–H and O–H groups in total. The van der Waals surface area contributed by atoms with Gasteiger partial charge in [0, 0.05) is 77.0 Å². The minimum atomic E-state index is -1.73. The lowest BCUT2D eigenvalue weighted by atomic mass is 9.87. The van der Waals surface area contributed by atoms with Crippen molar-refractivity contribution in [1.29, 1.82) is 0 Å². The standard InChI is InChI=1S/C57H54O24/c58-40-34(41(59)71-52(70-40)22-12-4-13-23-52)16-6-1-8-18-36-44(62)74-54(75-45(36)63)26-30-56(31-27-54)78-48(66)38(49(67)79-56)20-10-3-11-21-39-50(68)80-57(81-51(39)69)32-28-55(29-33-57)76-46(64)37(47(65)77-55)19-9-2-7-17-35-42(60)72-53(73-43(35)61)24-14-5-15-25-53/h1-3,6-11,16-21,62,64,66H,4-5,12-15,22-33H2/b6-1+,7-2+,11-3+,18-8+,19-9+,20-10+,39-21?. The van der Waals surface area contributed by atoms with Crippen molar-refractivity contribution >= 4 is 53.7 Å². The third-order valence-corrected chi connectivity index (χ3v) is 15.0. The number of hydrogen-bond donors (Lipinski definition) is 3. The van der Waals surface area contributed by atoms with Crippen LogP contribution >= 0.6 is 0 Å². The van der Waals surface area contributed by atoms with Crippen LogP contribution in [0.4, 0.5) is 0 Å². The molecule has 4 saturated carbocycles. The number of aliphatic hydroxyl groups is 3. The van der Waals surface area contributed by atoms with Crippen molar-refractivity contribution in [2.45, 2.75) is 150 Å². The summed E-state index contributed by atoms with van der Waals surface area (Å²) in [6, 6.07) is 0. The first kappa shape index (κ1) is 55.2. The van der Waals surface area contributed by atoms with E-state index in [-0.39, 0.29) is 79.2 Å². The van der Waals surface area contributed by atoms with Crippen molar-refractivity contribution in [3.63, 3.8) is 0 Å². The van der Waals surface area contributed by atoms with E-state index < -0.39 is 112 Å². The van der Waals surface area contributed by atoms with Crippen LogP contribution in [-0.2, 0) is 100.0 Å². The highest BCUT2D eigenvalue weighted by molar-refractivity contribution is 6.17. The van der Waals surface area contributed by atoms with Gasteiger partial charge in [-0.1, -0.05) is 67.5 Å². The lowest BCUT2D eigenvalue weighted by Gasteiger charge is -2.46. The van der Waals surface area contributed by atoms with Gasteiger partial charge in [0.1, 0.15) is 33.4 Å². The summed E-state index contributed by atoms with van der Waals surface area (Å²) in [5.41, 5.74) is -2.12. The van der Waals surface area contributed by atoms with Crippen LogP contribution in [0.5, 0.6) is 0 Å². The van der Waals surface area contributed by atoms with Crippen LogP contribution in [0.2, 0.25) is 0 Å². The molecule has 24 nitrogen and oxygen atoms in total. The summed E-state index contributed by atoms with van der Waals surface area (Å²) in [5.74, 6) is -19.5. The molecule has 0 radical (unpaired) electrons. The largest absolute Gasteiger partial charge is 0.480 e. The van der Waals surface area contributed by atoms with Crippen molar-refractivity contribution in [1.82, 2.24) is 0 Å². The molecule has 0 aromatic heterocycles. The van der Waals surface area contributed by atoms with Gasteiger partial charge in [-0.25, -0.2) is 43.2 Å². The molecular weight excluding hydrogens is 1070 g/mol. The Kier molecular flexibility index (Phi) is 14.9. The van der Waals surface area contributed by atoms with E-state index in [0.29, 0.717) is 25.7 Å². The highest BCUT2D eigenvalue weighted by Gasteiger charge is 2.58. The van der Waals surface area contributed by atoms with Gasteiger partial charge in [-0.2, -0.15) is 0 Å². The smallest absolute Gasteiger partial charge is 0.348 e. The van der Waals surface area contributed by atoms with Crippen LogP contribution in [0.15, 0.2) is 142 Å². The van der Waals surface area contributed by atoms with Crippen LogP contribution in [-0.4, -0.2) is 104 Å². The zero-order valence-corrected chi connectivity index (χ0v) is 43.3. The first-order valence-corrected chi connectivity index (χ1v) is 26.4. The number of esters is 9. The highest BCUT2D eigenvalue weighted by atomic mass is 16.8. The van der Waals surface area contributed by atoms with Crippen molar-refractivity contribution in [2.24, 2.45) is 0 Å². The van der Waals surface area contributed by atoms with E-state index in [1.807, 2.05) is 0 Å². The lowest BCUT2D eigenvalue weighted by molar-refractivity contribution is -0.302. The average molecular weight is 1120 g/mol. The predicted molar refractivity (Wildman–Crippen MR) is 266 cm³/mol. The van der Waals surface area contributed by atoms with E-state index in [1.165, 1.54) is 79.0 Å². The zero-order valence-electron chi connectivity index (χ0n) is 43.3. The monoisotopic (exact) mass is 1120 g/mol. The number of ether oxygens (including phenoxy) is 12. The Hall–Kier alpha value is -9.09. The lowest BCUT2D eigenvalue weighted by Crippen LogP contribution is -2.54. The van der Waals surface area contributed by atoms with E-state index in [4.69, 9.17) is 56.8 Å². The molecule has 10 aliphatic rings. The number of carbonyl (C=O) groups is 9. The van der Waals surface area contributed by atoms with Gasteiger partial charge in [0.05, 0.1) is 0 Å². The Morgan fingerprint density at radius 3 is 0.691 bits per heavy atom. The molecule has 24 heteroatoms. The van der Waals surface area contributed by atoms with Crippen LogP contribution < -0.4 is 0 Å². The van der Waals surface area contributed by atoms with E-state index in [9.17, 15) is 58.5 Å². The molecule has 6 spiro atoms. The first-order chi connectivity index (χ1) is 38.8. The Morgan fingerprint density at radius 1 is 0.247 bits per heavy atom. The molecule has 6 heterocycles. The molecule has 0 unspecified atom stereocenters. The van der Waals surface area contributed by atoms with Crippen molar-refractivity contribution < 1.29 is 115 Å². The SMILES string of the molecule is O=C1OC2(CCCCC2)OC(=O)C1=C/C=C/C=C/C1=C(O)OC2(CCC3(CC2)OC(=O)C(=C/C=C/C=C/C2=C(O)OC4(CCC5(CC4)OC(=O)C(/C=C/C=C/C=C4C(=O)OC6(CCCCC6)OC4=O)=C(O)O5)OC2=O)C(=O)O3)OC1=O. The van der Waals surface area contributed by atoms with Gasteiger partial charge in [0.15, 0.2) is 0 Å². The maximum atomic E-state index is 13.1. The van der Waals surface area contributed by atoms with E-state index in [1.54, 1.807) is 0 Å². The Bertz CT molecular complexity index is 3050. The van der Waals surface area contributed by atoms with Crippen molar-refractivity contribution in [3.05, 3.63) is 142 Å². The van der Waals surface area contributed by atoms with Crippen molar-refractivity contribution in [3.8, 4) is 0 Å². The molecule has 0 amide bonds. The summed E-state index contributed by atoms with van der Waals surface area (Å²) < 4.78 is 66.7. The predicted octanol–water partition coefficient (Wildman–Crippen LogP) is 6.69. The molecule has 0 atom stereocenters. The second-order valence-corrected chi connectivity index (χ2v) is 20.5. The Morgan fingerprint density at radius 2 is 0.457 bits per heavy atom. The number of hydrogen-bond acceptors (Lipinski definition) is 24. The molecule has 3 saturated heterocycles. The van der Waals surface area contributed by atoms with Gasteiger partial charge in [-0.15, -0.1) is 0 Å². The molecule has 6 aliphatic heterocycles. The van der Waals surface area contributed by atoms with Crippen LogP contribution in [0.3, 0.4) is 0 Å². The van der Waals surface area contributed by atoms with E-state index in [0.717, 1.165) is 50.7 Å². The maximum absolute atomic E-state index is 13.1. The second-order valence-electron chi connectivity index (χ2n) is 20.5. The number of rotatable bonds is 9. The molecule has 10 rings (SSSR count). The van der Waals surface area contributed by atoms with Gasteiger partial charge >= 0.3 is 53.7 Å². The maximum Gasteiger partial charge on any atom is 0.348 e. The first-order valence-electron chi connectivity index (χ1n) is 26.4. The fraction of sp³-hybridized carbons (Fsp3) is 0.421. The minimum absolute atomic E-state index is 0.130. The fourth-order valence-electron chi connectivity index (χ4n) is 10.7. The Balaban J connectivity index is 0.671.